The molecule has 0 unspecified atom stereocenters. The van der Waals surface area contributed by atoms with Gasteiger partial charge >= 0.3 is 5.97 Å². The van der Waals surface area contributed by atoms with Crippen LogP contribution in [0.4, 0.5) is 5.13 Å². The fraction of sp³-hybridized carbons (Fsp3) is 0.400. The highest BCUT2D eigenvalue weighted by atomic mass is 32.1. The number of hydrogen-bond acceptors (Lipinski definition) is 8. The van der Waals surface area contributed by atoms with Crippen LogP contribution in [-0.4, -0.2) is 54.3 Å². The minimum atomic E-state index is -0.297. The monoisotopic (exact) mass is 416 g/mol. The van der Waals surface area contributed by atoms with Crippen LogP contribution in [0.3, 0.4) is 0 Å². The highest BCUT2D eigenvalue weighted by Gasteiger charge is 2.19. The molecule has 0 spiro atoms. The van der Waals surface area contributed by atoms with Crippen molar-refractivity contribution in [2.45, 2.75) is 26.2 Å². The number of aromatic nitrogens is 1. The lowest BCUT2D eigenvalue weighted by molar-refractivity contribution is -0.142. The Kier molecular flexibility index (Phi) is 7.57. The van der Waals surface area contributed by atoms with E-state index in [0.717, 1.165) is 18.5 Å². The lowest BCUT2D eigenvalue weighted by Crippen LogP contribution is -2.29. The molecule has 0 saturated carbocycles. The maximum absolute atomic E-state index is 11.7. The number of nitrogens with one attached hydrogen (secondary N) is 1. The predicted octanol–water partition coefficient (Wildman–Crippen LogP) is 2.70. The molecule has 8 nitrogen and oxygen atoms in total. The largest absolute Gasteiger partial charge is 0.491 e. The minimum absolute atomic E-state index is 0.145. The van der Waals surface area contributed by atoms with Crippen LogP contribution in [-0.2, 0) is 20.7 Å². The molecule has 1 fully saturated rings. The second-order valence-electron chi connectivity index (χ2n) is 6.37. The third-order valence-electron chi connectivity index (χ3n) is 4.26. The average Bonchev–Trinajstić information content (AvgIpc) is 3.32. The van der Waals surface area contributed by atoms with Crippen LogP contribution in [0.1, 0.15) is 31.0 Å². The Balaban J connectivity index is 1.51. The Morgan fingerprint density at radius 2 is 2.28 bits per heavy atom. The number of anilines is 1. The molecule has 0 radical (unpaired) electrons. The Morgan fingerprint density at radius 3 is 3.07 bits per heavy atom. The van der Waals surface area contributed by atoms with Crippen LogP contribution in [0.15, 0.2) is 34.7 Å². The van der Waals surface area contributed by atoms with Gasteiger partial charge in [-0.25, -0.2) is 4.98 Å². The topological polar surface area (TPSA) is 93.1 Å². The Bertz CT molecular complexity index is 868. The summed E-state index contributed by atoms with van der Waals surface area (Å²) < 4.78 is 10.8. The number of nitrogens with zero attached hydrogens (tertiary/aromatic N) is 3. The van der Waals surface area contributed by atoms with Crippen molar-refractivity contribution in [1.82, 2.24) is 9.88 Å². The Morgan fingerprint density at radius 1 is 1.41 bits per heavy atom. The maximum Gasteiger partial charge on any atom is 0.311 e. The summed E-state index contributed by atoms with van der Waals surface area (Å²) in [5, 5.41) is 6.60. The van der Waals surface area contributed by atoms with E-state index < -0.39 is 0 Å². The first-order valence-electron chi connectivity index (χ1n) is 9.54. The van der Waals surface area contributed by atoms with Gasteiger partial charge in [0.05, 0.1) is 31.5 Å². The predicted molar refractivity (Wildman–Crippen MR) is 111 cm³/mol. The van der Waals surface area contributed by atoms with Crippen LogP contribution in [0.2, 0.25) is 0 Å². The lowest BCUT2D eigenvalue weighted by atomic mass is 10.2. The quantitative estimate of drug-likeness (QED) is 0.364. The normalized spacial score (nSPS) is 13.8. The number of ether oxygens (including phenoxy) is 2. The molecule has 2 aromatic rings. The molecule has 0 atom stereocenters. The number of likely N-dealkylation sites (tertiary alicyclic amines) is 1. The van der Waals surface area contributed by atoms with Gasteiger partial charge in [-0.05, 0) is 25.5 Å². The number of esters is 1. The lowest BCUT2D eigenvalue weighted by Gasteiger charge is -2.16. The van der Waals surface area contributed by atoms with Gasteiger partial charge in [0.1, 0.15) is 12.4 Å². The molecule has 1 aromatic heterocycles. The molecule has 1 aliphatic rings. The van der Waals surface area contributed by atoms with E-state index in [2.05, 4.69) is 15.5 Å². The second kappa shape index (κ2) is 10.6. The van der Waals surface area contributed by atoms with Crippen molar-refractivity contribution in [2.75, 3.05) is 31.7 Å². The molecule has 2 heterocycles. The molecule has 1 aliphatic heterocycles. The highest BCUT2D eigenvalue weighted by Crippen LogP contribution is 2.18. The molecule has 3 rings (SSSR count). The number of carbonyl (C=O) groups excluding carboxylic acids is 2. The summed E-state index contributed by atoms with van der Waals surface area (Å²) >= 11 is 1.36. The number of amides is 1. The van der Waals surface area contributed by atoms with Crippen molar-refractivity contribution in [3.8, 4) is 5.75 Å². The number of hydrazone groups is 1. The molecule has 0 bridgehead atoms. The van der Waals surface area contributed by atoms with Crippen molar-refractivity contribution in [2.24, 2.45) is 5.10 Å². The molecule has 1 amide bonds. The summed E-state index contributed by atoms with van der Waals surface area (Å²) in [5.41, 5.74) is 4.33. The average molecular weight is 417 g/mol. The molecule has 0 aliphatic carbocycles. The molecule has 1 saturated heterocycles. The summed E-state index contributed by atoms with van der Waals surface area (Å²) in [6.07, 6.45) is 3.36. The van der Waals surface area contributed by atoms with E-state index in [-0.39, 0.29) is 18.3 Å². The van der Waals surface area contributed by atoms with Crippen LogP contribution in [0.5, 0.6) is 5.75 Å². The van der Waals surface area contributed by atoms with Crippen molar-refractivity contribution in [1.29, 1.82) is 0 Å². The van der Waals surface area contributed by atoms with Gasteiger partial charge in [-0.2, -0.15) is 5.10 Å². The van der Waals surface area contributed by atoms with Gasteiger partial charge in [0.25, 0.3) is 0 Å². The summed E-state index contributed by atoms with van der Waals surface area (Å²) in [6, 6.07) is 7.56. The van der Waals surface area contributed by atoms with E-state index in [4.69, 9.17) is 9.47 Å². The Labute approximate surface area is 173 Å². The van der Waals surface area contributed by atoms with E-state index >= 15 is 0 Å². The summed E-state index contributed by atoms with van der Waals surface area (Å²) in [7, 11) is 0. The van der Waals surface area contributed by atoms with Gasteiger partial charge in [0.2, 0.25) is 11.0 Å². The van der Waals surface area contributed by atoms with Crippen molar-refractivity contribution in [3.05, 3.63) is 40.9 Å². The fourth-order valence-electron chi connectivity index (χ4n) is 2.88. The van der Waals surface area contributed by atoms with E-state index in [1.165, 1.54) is 11.3 Å². The van der Waals surface area contributed by atoms with E-state index in [1.807, 2.05) is 29.2 Å². The molecular formula is C20H24N4O4S. The van der Waals surface area contributed by atoms with E-state index in [1.54, 1.807) is 18.5 Å². The van der Waals surface area contributed by atoms with Gasteiger partial charge in [0.15, 0.2) is 0 Å². The molecule has 29 heavy (non-hydrogen) atoms. The van der Waals surface area contributed by atoms with Crippen LogP contribution in [0.25, 0.3) is 0 Å². The van der Waals surface area contributed by atoms with Crippen LogP contribution in [0, 0.1) is 0 Å². The SMILES string of the molecule is CCOC(=O)Cc1csc(NN=Cc2ccccc2OCCN2CCCC2=O)n1. The number of thiazole rings is 1. The Hall–Kier alpha value is -2.94. The first kappa shape index (κ1) is 20.8. The fourth-order valence-corrected chi connectivity index (χ4v) is 3.54. The van der Waals surface area contributed by atoms with Crippen LogP contribution >= 0.6 is 11.3 Å². The zero-order chi connectivity index (χ0) is 20.5. The zero-order valence-corrected chi connectivity index (χ0v) is 17.1. The molecule has 1 aromatic carbocycles. The van der Waals surface area contributed by atoms with E-state index in [0.29, 0.717) is 42.8 Å². The van der Waals surface area contributed by atoms with E-state index in [9.17, 15) is 9.59 Å². The first-order valence-corrected chi connectivity index (χ1v) is 10.4. The summed E-state index contributed by atoms with van der Waals surface area (Å²) in [4.78, 5) is 29.3. The van der Waals surface area contributed by atoms with Gasteiger partial charge < -0.3 is 14.4 Å². The van der Waals surface area contributed by atoms with Crippen molar-refractivity contribution in [3.63, 3.8) is 0 Å². The van der Waals surface area contributed by atoms with Gasteiger partial charge in [-0.15, -0.1) is 11.3 Å². The molecule has 9 heteroatoms. The second-order valence-corrected chi connectivity index (χ2v) is 7.22. The van der Waals surface area contributed by atoms with Crippen molar-refractivity contribution < 1.29 is 19.1 Å². The van der Waals surface area contributed by atoms with Gasteiger partial charge in [-0.3, -0.25) is 15.0 Å². The number of hydrogen-bond donors (Lipinski definition) is 1. The maximum atomic E-state index is 11.7. The minimum Gasteiger partial charge on any atom is -0.491 e. The first-order chi connectivity index (χ1) is 14.2. The number of para-hydroxylation sites is 1. The third kappa shape index (κ3) is 6.28. The highest BCUT2D eigenvalue weighted by molar-refractivity contribution is 7.13. The van der Waals surface area contributed by atoms with Crippen LogP contribution < -0.4 is 10.2 Å². The van der Waals surface area contributed by atoms with Crippen molar-refractivity contribution >= 4 is 34.6 Å². The van der Waals surface area contributed by atoms with Gasteiger partial charge in [-0.1, -0.05) is 12.1 Å². The summed E-state index contributed by atoms with van der Waals surface area (Å²) in [5.74, 6) is 0.597. The number of benzene rings is 1. The summed E-state index contributed by atoms with van der Waals surface area (Å²) in [6.45, 7) is 3.96. The van der Waals surface area contributed by atoms with Gasteiger partial charge in [0, 0.05) is 23.9 Å². The number of carbonyl (C=O) groups is 2. The molecule has 1 N–H and O–H groups in total. The standard InChI is InChI=1S/C20H24N4O4S/c1-2-27-19(26)12-16-14-29-20(22-16)23-21-13-15-6-3-4-7-17(15)28-11-10-24-9-5-8-18(24)25/h3-4,6-7,13-14H,2,5,8-12H2,1H3,(H,22,23). The third-order valence-corrected chi connectivity index (χ3v) is 5.05. The smallest absolute Gasteiger partial charge is 0.311 e. The zero-order valence-electron chi connectivity index (χ0n) is 16.3. The molecular weight excluding hydrogens is 392 g/mol. The number of rotatable bonds is 10. The molecule has 154 valence electrons.